The van der Waals surface area contributed by atoms with Crippen LogP contribution in [0.25, 0.3) is 88.1 Å². The maximum Gasteiger partial charge on any atom is 1.00 e. The smallest absolute Gasteiger partial charge is 0.744 e. The van der Waals surface area contributed by atoms with Gasteiger partial charge in [0.2, 0.25) is 0 Å². The molecule has 0 amide bonds. The molecule has 0 aromatic carbocycles. The minimum Gasteiger partial charge on any atom is -0.744 e. The van der Waals surface area contributed by atoms with Crippen LogP contribution in [0.5, 0.6) is 0 Å². The van der Waals surface area contributed by atoms with Crippen molar-refractivity contribution >= 4 is 132 Å². The minimum absolute atomic E-state index is 0. The van der Waals surface area contributed by atoms with Crippen molar-refractivity contribution in [2.24, 2.45) is 0 Å². The van der Waals surface area contributed by atoms with Crippen LogP contribution in [-0.2, 0) is 40.5 Å². The summed E-state index contributed by atoms with van der Waals surface area (Å²) >= 11 is 3.30. The number of nitrogens with one attached hydrogen (secondary N) is 2. The molecule has 0 atom stereocenters. The molecular formula is C36H18N4Na4O12S8. The van der Waals surface area contributed by atoms with Crippen molar-refractivity contribution in [1.29, 1.82) is 0 Å². The standard InChI is InChI=1S/C36H22N4O12S8.4Na/c41-57(42,43)17-13-29(53-15-17)35-23-5-1-19(37-23)33(27-9-11-31(55-27)59(47,48)49)20-2-6-25(38-20)36(30-14-18(16-54-30)58(44,45)46)26-8-4-22(40-26)34(21-3-7-24(35)39-21)28-10-12-32(56-28)60(50,51)52;;;;/h1-16,37,40H,(H,41,42,43)(H,44,45,46)(H,47,48,49)(H,50,51,52);;;;/q;4*+1/p-4. The van der Waals surface area contributed by atoms with Crippen molar-refractivity contribution in [3.63, 3.8) is 0 Å². The van der Waals surface area contributed by atoms with Crippen molar-refractivity contribution in [2.75, 3.05) is 0 Å². The van der Waals surface area contributed by atoms with Gasteiger partial charge >= 0.3 is 118 Å². The van der Waals surface area contributed by atoms with Gasteiger partial charge in [-0.25, -0.2) is 43.6 Å². The van der Waals surface area contributed by atoms with E-state index < -0.39 is 58.7 Å². The normalized spacial score (nSPS) is 12.6. The third kappa shape index (κ3) is 10.8. The number of hydrogen-bond donors (Lipinski definition) is 2. The van der Waals surface area contributed by atoms with E-state index in [1.807, 2.05) is 0 Å². The van der Waals surface area contributed by atoms with E-state index in [1.54, 1.807) is 48.6 Å². The average Bonchev–Trinajstić information content (AvgIpc) is 3.98. The van der Waals surface area contributed by atoms with Gasteiger partial charge in [0.05, 0.1) is 32.6 Å². The Morgan fingerprint density at radius 1 is 0.406 bits per heavy atom. The van der Waals surface area contributed by atoms with Gasteiger partial charge in [-0.05, 0) is 85.0 Å². The second-order valence-electron chi connectivity index (χ2n) is 12.8. The quantitative estimate of drug-likeness (QED) is 0.107. The van der Waals surface area contributed by atoms with Gasteiger partial charge in [-0.2, -0.15) is 0 Å². The predicted molar refractivity (Wildman–Crippen MR) is 224 cm³/mol. The van der Waals surface area contributed by atoms with E-state index in [4.69, 9.17) is 9.97 Å². The van der Waals surface area contributed by atoms with Gasteiger partial charge in [0, 0.05) is 74.6 Å². The fraction of sp³-hybridized carbons (Fsp3) is 0. The van der Waals surface area contributed by atoms with E-state index in [1.165, 1.54) is 35.0 Å². The number of nitrogens with zero attached hydrogens (tertiary/aromatic N) is 2. The molecule has 0 fully saturated rings. The van der Waals surface area contributed by atoms with Gasteiger partial charge in [-0.3, -0.25) is 0 Å². The van der Waals surface area contributed by atoms with E-state index in [0.29, 0.717) is 86.5 Å². The predicted octanol–water partition coefficient (Wildman–Crippen LogP) is -4.80. The molecule has 64 heavy (non-hydrogen) atoms. The summed E-state index contributed by atoms with van der Waals surface area (Å²) in [6.07, 6.45) is 6.46. The number of aromatic nitrogens is 4. The Morgan fingerprint density at radius 2 is 0.703 bits per heavy atom. The second kappa shape index (κ2) is 20.2. The van der Waals surface area contributed by atoms with Crippen LogP contribution < -0.4 is 118 Å². The van der Waals surface area contributed by atoms with E-state index in [-0.39, 0.29) is 141 Å². The van der Waals surface area contributed by atoms with Crippen molar-refractivity contribution in [1.82, 2.24) is 19.9 Å². The minimum atomic E-state index is -4.87. The summed E-state index contributed by atoms with van der Waals surface area (Å²) in [5.74, 6) is 0. The Kier molecular flexibility index (Phi) is 17.0. The molecule has 16 nitrogen and oxygen atoms in total. The fourth-order valence-corrected chi connectivity index (χ4v) is 13.6. The van der Waals surface area contributed by atoms with Crippen molar-refractivity contribution in [2.45, 2.75) is 18.2 Å². The van der Waals surface area contributed by atoms with Crippen molar-refractivity contribution in [3.05, 3.63) is 94.2 Å². The molecule has 7 aromatic rings. The zero-order valence-electron chi connectivity index (χ0n) is 33.3. The number of thiophene rings is 4. The maximum absolute atomic E-state index is 12.1. The van der Waals surface area contributed by atoms with Crippen LogP contribution in [0.1, 0.15) is 22.8 Å². The number of H-pyrrole nitrogens is 2. The molecule has 9 heterocycles. The Bertz CT molecular complexity index is 3230. The van der Waals surface area contributed by atoms with E-state index in [0.717, 1.165) is 34.8 Å². The first kappa shape index (κ1) is 54.0. The molecule has 0 radical (unpaired) electrons. The largest absolute Gasteiger partial charge is 1.00 e. The topological polar surface area (TPSA) is 286 Å². The summed E-state index contributed by atoms with van der Waals surface area (Å²) in [7, 11) is -19.5. The fourth-order valence-electron chi connectivity index (χ4n) is 6.58. The van der Waals surface area contributed by atoms with Crippen LogP contribution in [0.3, 0.4) is 0 Å². The van der Waals surface area contributed by atoms with Gasteiger partial charge in [0.15, 0.2) is 0 Å². The molecule has 2 aliphatic rings. The Labute approximate surface area is 469 Å². The van der Waals surface area contributed by atoms with Crippen LogP contribution in [0.4, 0.5) is 0 Å². The summed E-state index contributed by atoms with van der Waals surface area (Å²) in [6, 6.07) is 14.2. The van der Waals surface area contributed by atoms with Gasteiger partial charge in [-0.1, -0.05) is 0 Å². The Hall–Kier alpha value is -0.960. The Morgan fingerprint density at radius 3 is 0.953 bits per heavy atom. The first-order chi connectivity index (χ1) is 28.2. The molecule has 28 heteroatoms. The molecule has 2 aliphatic heterocycles. The second-order valence-corrected chi connectivity index (χ2v) is 22.8. The van der Waals surface area contributed by atoms with Crippen LogP contribution in [-0.4, -0.2) is 71.8 Å². The van der Waals surface area contributed by atoms with Crippen LogP contribution in [0.2, 0.25) is 0 Å². The third-order valence-corrected chi connectivity index (χ3v) is 17.7. The molecule has 2 N–H and O–H groups in total. The zero-order valence-corrected chi connectivity index (χ0v) is 47.8. The SMILES string of the molecule is O=S(=O)([O-])c1csc(-c2c3nc(c(-c4ccc(S(=O)(=O)[O-])s4)c4ccc([nH]4)c(-c4cc(S(=O)(=O)[O-])cs4)c4nc(c(-c5ccc(S(=O)(=O)[O-])s5)c5ccc2[nH]5)C=C4)C=C3)c1.[Na+].[Na+].[Na+].[Na+]. The van der Waals surface area contributed by atoms with Crippen molar-refractivity contribution < 1.29 is 170 Å². The number of fused-ring (bicyclic) bond motifs is 8. The third-order valence-electron chi connectivity index (χ3n) is 9.12. The van der Waals surface area contributed by atoms with Crippen LogP contribution in [0.15, 0.2) is 89.6 Å². The zero-order chi connectivity index (χ0) is 42.5. The van der Waals surface area contributed by atoms with Gasteiger partial charge < -0.3 is 28.2 Å². The summed E-state index contributed by atoms with van der Waals surface area (Å²) in [5, 5.41) is 2.37. The van der Waals surface area contributed by atoms with Gasteiger partial charge in [0.25, 0.3) is 0 Å². The molecule has 0 aliphatic carbocycles. The first-order valence-electron chi connectivity index (χ1n) is 16.6. The number of hydrogen-bond acceptors (Lipinski definition) is 18. The number of rotatable bonds is 8. The maximum atomic E-state index is 12.1. The monoisotopic (exact) mass is 1050 g/mol. The molecule has 0 spiro atoms. The first-order valence-corrected chi connectivity index (χ1v) is 25.6. The van der Waals surface area contributed by atoms with E-state index >= 15 is 0 Å². The molecule has 7 aromatic heterocycles. The van der Waals surface area contributed by atoms with Crippen LogP contribution >= 0.6 is 45.3 Å². The summed E-state index contributed by atoms with van der Waals surface area (Å²) in [4.78, 5) is 16.7. The molecular weight excluding hydrogens is 1030 g/mol. The van der Waals surface area contributed by atoms with Gasteiger partial charge in [0.1, 0.15) is 48.9 Å². The summed E-state index contributed by atoms with van der Waals surface area (Å²) in [6.45, 7) is 0. The molecule has 0 saturated heterocycles. The summed E-state index contributed by atoms with van der Waals surface area (Å²) in [5.41, 5.74) is 3.82. The molecule has 9 rings (SSSR count). The van der Waals surface area contributed by atoms with Crippen LogP contribution in [0, 0.1) is 0 Å². The Balaban J connectivity index is 0.00000193. The van der Waals surface area contributed by atoms with Gasteiger partial charge in [-0.15, -0.1) is 45.3 Å². The molecule has 0 saturated carbocycles. The summed E-state index contributed by atoms with van der Waals surface area (Å²) < 4.78 is 144. The molecule has 8 bridgehead atoms. The number of aromatic amines is 2. The average molecular weight is 1050 g/mol. The van der Waals surface area contributed by atoms with E-state index in [2.05, 4.69) is 9.97 Å². The van der Waals surface area contributed by atoms with Crippen molar-refractivity contribution in [3.8, 4) is 41.8 Å². The molecule has 306 valence electrons. The molecule has 0 unspecified atom stereocenters. The van der Waals surface area contributed by atoms with E-state index in [9.17, 15) is 51.9 Å².